The molecule has 0 radical (unpaired) electrons. The number of hydrogen-bond donors (Lipinski definition) is 4. The Morgan fingerprint density at radius 1 is 1.02 bits per heavy atom. The first-order valence-electron chi connectivity index (χ1n) is 14.1. The first-order valence-corrected chi connectivity index (χ1v) is 14.1. The average Bonchev–Trinajstić information content (AvgIpc) is 3.31. The molecule has 1 aromatic heterocycles. The van der Waals surface area contributed by atoms with E-state index in [1.54, 1.807) is 20.8 Å². The summed E-state index contributed by atoms with van der Waals surface area (Å²) in [6.07, 6.45) is 0.0302. The van der Waals surface area contributed by atoms with E-state index in [4.69, 9.17) is 9.47 Å². The van der Waals surface area contributed by atoms with Gasteiger partial charge in [0.15, 0.2) is 0 Å². The molecule has 0 saturated carbocycles. The zero-order valence-corrected chi connectivity index (χ0v) is 24.1. The normalized spacial score (nSPS) is 15.4. The molecule has 42 heavy (non-hydrogen) atoms. The lowest BCUT2D eigenvalue weighted by Crippen LogP contribution is -2.56. The highest BCUT2D eigenvalue weighted by Crippen LogP contribution is 2.31. The number of rotatable bonds is 10. The van der Waals surface area contributed by atoms with E-state index >= 15 is 0 Å². The van der Waals surface area contributed by atoms with E-state index in [-0.39, 0.29) is 26.0 Å². The van der Waals surface area contributed by atoms with Crippen LogP contribution in [-0.2, 0) is 38.6 Å². The quantitative estimate of drug-likeness (QED) is 0.259. The number of unbranched alkanes of at least 4 members (excludes halogenated alkanes) is 1. The number of aromatic amines is 1. The third kappa shape index (κ3) is 8.02. The SMILES string of the molecule is CC(C)(C)OC(=O)N[C@@H](CCCCNC(=O)OCc1ccccc1)C(=O)N1Cc2[nH]c3ccccc3c2C[C@H]1C(=O)O. The van der Waals surface area contributed by atoms with E-state index in [0.717, 1.165) is 27.7 Å². The van der Waals surface area contributed by atoms with Gasteiger partial charge in [-0.05, 0) is 57.2 Å². The van der Waals surface area contributed by atoms with Crippen LogP contribution < -0.4 is 10.6 Å². The number of carboxylic acids is 1. The summed E-state index contributed by atoms with van der Waals surface area (Å²) in [5.74, 6) is -1.62. The van der Waals surface area contributed by atoms with Crippen LogP contribution in [0, 0.1) is 0 Å². The van der Waals surface area contributed by atoms with Crippen LogP contribution in [0.5, 0.6) is 0 Å². The highest BCUT2D eigenvalue weighted by atomic mass is 16.6. The van der Waals surface area contributed by atoms with E-state index in [2.05, 4.69) is 15.6 Å². The standard InChI is InChI=1S/C31H38N4O7/c1-31(2,3)42-30(40)34-24(15-9-10-16-32-29(39)41-19-20-11-5-4-6-12-20)27(36)35-18-25-22(17-26(35)28(37)38)21-13-7-8-14-23(21)33-25/h4-8,11-14,24,26,33H,9-10,15-19H2,1-3H3,(H,32,39)(H,34,40)(H,37,38)/t24-,26-/m0/s1. The fraction of sp³-hybridized carbons (Fsp3) is 0.419. The summed E-state index contributed by atoms with van der Waals surface area (Å²) in [5.41, 5.74) is 2.62. The molecule has 2 heterocycles. The molecule has 11 nitrogen and oxygen atoms in total. The number of carbonyl (C=O) groups excluding carboxylic acids is 3. The van der Waals surface area contributed by atoms with Gasteiger partial charge in [0.05, 0.1) is 6.54 Å². The van der Waals surface area contributed by atoms with Gasteiger partial charge in [0.2, 0.25) is 5.91 Å². The minimum Gasteiger partial charge on any atom is -0.480 e. The number of aliphatic carboxylic acids is 1. The maximum atomic E-state index is 13.8. The van der Waals surface area contributed by atoms with Gasteiger partial charge in [-0.2, -0.15) is 0 Å². The molecule has 0 spiro atoms. The van der Waals surface area contributed by atoms with E-state index in [1.807, 2.05) is 54.6 Å². The number of benzene rings is 2. The van der Waals surface area contributed by atoms with Crippen molar-refractivity contribution in [3.8, 4) is 0 Å². The van der Waals surface area contributed by atoms with Gasteiger partial charge < -0.3 is 35.1 Å². The number of amides is 3. The van der Waals surface area contributed by atoms with Crippen LogP contribution in [0.3, 0.4) is 0 Å². The molecule has 1 aliphatic heterocycles. The summed E-state index contributed by atoms with van der Waals surface area (Å²) >= 11 is 0. The molecule has 1 aliphatic rings. The number of carboxylic acid groups (broad SMARTS) is 1. The van der Waals surface area contributed by atoms with Crippen LogP contribution in [-0.4, -0.2) is 63.3 Å². The minimum atomic E-state index is -1.12. The first-order chi connectivity index (χ1) is 20.0. The number of aromatic nitrogens is 1. The van der Waals surface area contributed by atoms with Gasteiger partial charge in [-0.25, -0.2) is 14.4 Å². The summed E-state index contributed by atoms with van der Waals surface area (Å²) in [5, 5.41) is 16.3. The molecule has 2 aromatic carbocycles. The summed E-state index contributed by atoms with van der Waals surface area (Å²) < 4.78 is 10.6. The molecule has 0 bridgehead atoms. The van der Waals surface area contributed by atoms with Gasteiger partial charge in [-0.3, -0.25) is 4.79 Å². The zero-order valence-electron chi connectivity index (χ0n) is 24.1. The van der Waals surface area contributed by atoms with E-state index < -0.39 is 41.7 Å². The van der Waals surface area contributed by atoms with Crippen LogP contribution >= 0.6 is 0 Å². The fourth-order valence-corrected chi connectivity index (χ4v) is 5.01. The molecular weight excluding hydrogens is 540 g/mol. The molecule has 3 aromatic rings. The highest BCUT2D eigenvalue weighted by Gasteiger charge is 2.39. The van der Waals surface area contributed by atoms with E-state index in [9.17, 15) is 24.3 Å². The largest absolute Gasteiger partial charge is 0.480 e. The van der Waals surface area contributed by atoms with Crippen LogP contribution in [0.4, 0.5) is 9.59 Å². The van der Waals surface area contributed by atoms with Crippen molar-refractivity contribution in [1.82, 2.24) is 20.5 Å². The highest BCUT2D eigenvalue weighted by molar-refractivity contribution is 5.92. The van der Waals surface area contributed by atoms with Gasteiger partial charge in [0, 0.05) is 29.6 Å². The predicted octanol–water partition coefficient (Wildman–Crippen LogP) is 4.50. The Morgan fingerprint density at radius 3 is 2.45 bits per heavy atom. The third-order valence-electron chi connectivity index (χ3n) is 6.96. The number of alkyl carbamates (subject to hydrolysis) is 2. The Labute approximate surface area is 244 Å². The number of nitrogens with one attached hydrogen (secondary N) is 3. The molecule has 4 rings (SSSR count). The van der Waals surface area contributed by atoms with Crippen molar-refractivity contribution in [2.45, 2.75) is 77.3 Å². The van der Waals surface area contributed by atoms with E-state index in [1.165, 1.54) is 4.90 Å². The number of hydrogen-bond acceptors (Lipinski definition) is 6. The first kappa shape index (κ1) is 30.4. The number of para-hydroxylation sites is 1. The summed E-state index contributed by atoms with van der Waals surface area (Å²) in [6.45, 7) is 5.68. The zero-order chi connectivity index (χ0) is 30.3. The number of H-pyrrole nitrogens is 1. The summed E-state index contributed by atoms with van der Waals surface area (Å²) in [7, 11) is 0. The van der Waals surface area contributed by atoms with Crippen molar-refractivity contribution in [1.29, 1.82) is 0 Å². The molecule has 0 fully saturated rings. The number of nitrogens with zero attached hydrogens (tertiary/aromatic N) is 1. The Morgan fingerprint density at radius 2 is 1.74 bits per heavy atom. The van der Waals surface area contributed by atoms with E-state index in [0.29, 0.717) is 19.4 Å². The molecule has 11 heteroatoms. The second kappa shape index (κ2) is 13.4. The van der Waals surface area contributed by atoms with Crippen molar-refractivity contribution in [2.24, 2.45) is 0 Å². The molecule has 0 saturated heterocycles. The van der Waals surface area contributed by atoms with Crippen LogP contribution in [0.2, 0.25) is 0 Å². The Hall–Kier alpha value is -4.54. The maximum absolute atomic E-state index is 13.8. The van der Waals surface area contributed by atoms with Gasteiger partial charge in [0.1, 0.15) is 24.3 Å². The fourth-order valence-electron chi connectivity index (χ4n) is 5.01. The number of fused-ring (bicyclic) bond motifs is 3. The topological polar surface area (TPSA) is 150 Å². The predicted molar refractivity (Wildman–Crippen MR) is 156 cm³/mol. The van der Waals surface area contributed by atoms with Crippen LogP contribution in [0.15, 0.2) is 54.6 Å². The second-order valence-electron chi connectivity index (χ2n) is 11.3. The summed E-state index contributed by atoms with van der Waals surface area (Å²) in [4.78, 5) is 55.4. The van der Waals surface area contributed by atoms with Crippen molar-refractivity contribution < 1.29 is 33.8 Å². The molecular formula is C31H38N4O7. The van der Waals surface area contributed by atoms with Gasteiger partial charge >= 0.3 is 18.2 Å². The Balaban J connectivity index is 1.39. The van der Waals surface area contributed by atoms with Gasteiger partial charge in [-0.1, -0.05) is 48.5 Å². The third-order valence-corrected chi connectivity index (χ3v) is 6.96. The van der Waals surface area contributed by atoms with Crippen molar-refractivity contribution >= 4 is 35.0 Å². The Bertz CT molecular complexity index is 1410. The molecule has 4 N–H and O–H groups in total. The maximum Gasteiger partial charge on any atom is 0.408 e. The van der Waals surface area contributed by atoms with Gasteiger partial charge in [0.25, 0.3) is 0 Å². The second-order valence-corrected chi connectivity index (χ2v) is 11.3. The molecule has 224 valence electrons. The molecule has 0 unspecified atom stereocenters. The van der Waals surface area contributed by atoms with Crippen molar-refractivity contribution in [3.05, 3.63) is 71.4 Å². The number of ether oxygens (including phenoxy) is 2. The Kier molecular flexibility index (Phi) is 9.72. The van der Waals surface area contributed by atoms with Crippen LogP contribution in [0.25, 0.3) is 10.9 Å². The van der Waals surface area contributed by atoms with Crippen molar-refractivity contribution in [2.75, 3.05) is 6.54 Å². The van der Waals surface area contributed by atoms with Crippen LogP contribution in [0.1, 0.15) is 56.9 Å². The smallest absolute Gasteiger partial charge is 0.408 e. The lowest BCUT2D eigenvalue weighted by Gasteiger charge is -2.36. The van der Waals surface area contributed by atoms with Gasteiger partial charge in [-0.15, -0.1) is 0 Å². The van der Waals surface area contributed by atoms with Crippen molar-refractivity contribution in [3.63, 3.8) is 0 Å². The molecule has 0 aliphatic carbocycles. The summed E-state index contributed by atoms with van der Waals surface area (Å²) in [6, 6.07) is 14.8. The lowest BCUT2D eigenvalue weighted by atomic mass is 9.95. The number of carbonyl (C=O) groups is 4. The minimum absolute atomic E-state index is 0.0706. The molecule has 2 atom stereocenters. The average molecular weight is 579 g/mol. The lowest BCUT2D eigenvalue weighted by molar-refractivity contribution is -0.152. The monoisotopic (exact) mass is 578 g/mol. The molecule has 3 amide bonds.